The first-order chi connectivity index (χ1) is 14.8. The van der Waals surface area contributed by atoms with Gasteiger partial charge in [-0.05, 0) is 42.8 Å². The Bertz CT molecular complexity index is 872. The number of fused-ring (bicyclic) bond motifs is 1. The molecule has 0 radical (unpaired) electrons. The number of aryl methyl sites for hydroxylation is 1. The summed E-state index contributed by atoms with van der Waals surface area (Å²) in [5.41, 5.74) is 2.24. The molecule has 0 unspecified atom stereocenters. The molecular weight excluding hydrogens is 392 g/mol. The van der Waals surface area contributed by atoms with E-state index in [-0.39, 0.29) is 0 Å². The number of halogens is 1. The molecule has 0 N–H and O–H groups in total. The lowest BCUT2D eigenvalue weighted by Crippen LogP contribution is -2.07. The summed E-state index contributed by atoms with van der Waals surface area (Å²) >= 11 is 5.97. The summed E-state index contributed by atoms with van der Waals surface area (Å²) in [5.74, 6) is 1.80. The molecule has 3 nitrogen and oxygen atoms in total. The lowest BCUT2D eigenvalue weighted by molar-refractivity contribution is 0.289. The molecule has 0 fully saturated rings. The number of unbranched alkanes of at least 4 members (excludes halogenated alkanes) is 9. The van der Waals surface area contributed by atoms with Crippen molar-refractivity contribution in [1.29, 1.82) is 0 Å². The Morgan fingerprint density at radius 1 is 0.800 bits per heavy atom. The summed E-state index contributed by atoms with van der Waals surface area (Å²) in [5, 5.41) is 0.718. The second kappa shape index (κ2) is 12.6. The Morgan fingerprint density at radius 2 is 1.43 bits per heavy atom. The Kier molecular flexibility index (Phi) is 9.56. The van der Waals surface area contributed by atoms with Crippen molar-refractivity contribution >= 4 is 22.6 Å². The molecule has 30 heavy (non-hydrogen) atoms. The minimum absolute atomic E-state index is 0.466. The quantitative estimate of drug-likeness (QED) is 0.243. The van der Waals surface area contributed by atoms with Crippen molar-refractivity contribution in [2.45, 2.75) is 84.3 Å². The van der Waals surface area contributed by atoms with Crippen molar-refractivity contribution in [2.75, 3.05) is 0 Å². The third-order valence-corrected chi connectivity index (χ3v) is 5.90. The van der Waals surface area contributed by atoms with Gasteiger partial charge in [-0.25, -0.2) is 4.98 Å². The van der Waals surface area contributed by atoms with Gasteiger partial charge >= 0.3 is 0 Å². The summed E-state index contributed by atoms with van der Waals surface area (Å²) in [4.78, 5) is 4.82. The van der Waals surface area contributed by atoms with E-state index in [1.54, 1.807) is 0 Å². The fourth-order valence-corrected chi connectivity index (χ4v) is 4.05. The predicted molar refractivity (Wildman–Crippen MR) is 127 cm³/mol. The van der Waals surface area contributed by atoms with Gasteiger partial charge in [-0.15, -0.1) is 0 Å². The third-order valence-electron chi connectivity index (χ3n) is 5.65. The van der Waals surface area contributed by atoms with E-state index in [1.807, 2.05) is 30.3 Å². The second-order valence-corrected chi connectivity index (χ2v) is 8.53. The molecule has 2 aromatic carbocycles. The van der Waals surface area contributed by atoms with Crippen molar-refractivity contribution in [1.82, 2.24) is 9.55 Å². The SMILES string of the molecule is CCCCCCCCCCCCn1c(COc2ccc(Cl)cc2)nc2ccccc21. The van der Waals surface area contributed by atoms with E-state index in [1.165, 1.54) is 69.7 Å². The van der Waals surface area contributed by atoms with Gasteiger partial charge in [0, 0.05) is 11.6 Å². The average Bonchev–Trinajstić information content (AvgIpc) is 3.12. The van der Waals surface area contributed by atoms with Gasteiger partial charge in [-0.3, -0.25) is 0 Å². The number of aromatic nitrogens is 2. The van der Waals surface area contributed by atoms with Crippen LogP contribution in [0.2, 0.25) is 5.02 Å². The largest absolute Gasteiger partial charge is 0.486 e. The Balaban J connectivity index is 1.48. The fourth-order valence-electron chi connectivity index (χ4n) is 3.92. The lowest BCUT2D eigenvalue weighted by atomic mass is 10.1. The van der Waals surface area contributed by atoms with Crippen molar-refractivity contribution in [3.8, 4) is 5.75 Å². The highest BCUT2D eigenvalue weighted by atomic mass is 35.5. The molecule has 0 aliphatic carbocycles. The second-order valence-electron chi connectivity index (χ2n) is 8.09. The minimum Gasteiger partial charge on any atom is -0.486 e. The van der Waals surface area contributed by atoms with Crippen LogP contribution in [0.5, 0.6) is 5.75 Å². The summed E-state index contributed by atoms with van der Waals surface area (Å²) in [6, 6.07) is 15.9. The molecule has 4 heteroatoms. The minimum atomic E-state index is 0.466. The topological polar surface area (TPSA) is 27.1 Å². The number of hydrogen-bond donors (Lipinski definition) is 0. The summed E-state index contributed by atoms with van der Waals surface area (Å²) in [6.07, 6.45) is 13.5. The molecule has 0 amide bonds. The van der Waals surface area contributed by atoms with Crippen LogP contribution in [0.1, 0.15) is 77.0 Å². The highest BCUT2D eigenvalue weighted by Crippen LogP contribution is 2.21. The van der Waals surface area contributed by atoms with Crippen molar-refractivity contribution < 1.29 is 4.74 Å². The van der Waals surface area contributed by atoms with Gasteiger partial charge in [0.15, 0.2) is 0 Å². The zero-order valence-electron chi connectivity index (χ0n) is 18.3. The number of benzene rings is 2. The van der Waals surface area contributed by atoms with Gasteiger partial charge in [-0.2, -0.15) is 0 Å². The summed E-state index contributed by atoms with van der Waals surface area (Å²) in [7, 11) is 0. The molecule has 1 aromatic heterocycles. The van der Waals surface area contributed by atoms with Gasteiger partial charge in [0.05, 0.1) is 11.0 Å². The zero-order valence-corrected chi connectivity index (χ0v) is 19.0. The van der Waals surface area contributed by atoms with Crippen LogP contribution in [0.3, 0.4) is 0 Å². The number of ether oxygens (including phenoxy) is 1. The zero-order chi connectivity index (χ0) is 21.0. The Morgan fingerprint density at radius 3 is 2.13 bits per heavy atom. The van der Waals surface area contributed by atoms with Crippen LogP contribution in [-0.4, -0.2) is 9.55 Å². The van der Waals surface area contributed by atoms with Gasteiger partial charge in [-0.1, -0.05) is 88.4 Å². The predicted octanol–water partition coefficient (Wildman–Crippen LogP) is 8.19. The Labute approximate surface area is 186 Å². The molecule has 0 aliphatic rings. The van der Waals surface area contributed by atoms with E-state index in [2.05, 4.69) is 29.7 Å². The first-order valence-electron chi connectivity index (χ1n) is 11.6. The molecule has 0 atom stereocenters. The van der Waals surface area contributed by atoms with Crippen LogP contribution in [0.15, 0.2) is 48.5 Å². The van der Waals surface area contributed by atoms with E-state index in [9.17, 15) is 0 Å². The smallest absolute Gasteiger partial charge is 0.147 e. The first-order valence-corrected chi connectivity index (χ1v) is 12.0. The molecule has 3 rings (SSSR count). The fraction of sp³-hybridized carbons (Fsp3) is 0.500. The lowest BCUT2D eigenvalue weighted by Gasteiger charge is -2.11. The molecule has 0 aliphatic heterocycles. The van der Waals surface area contributed by atoms with Gasteiger partial charge in [0.1, 0.15) is 18.2 Å². The van der Waals surface area contributed by atoms with Crippen LogP contribution in [0.4, 0.5) is 0 Å². The summed E-state index contributed by atoms with van der Waals surface area (Å²) in [6.45, 7) is 3.74. The molecule has 0 saturated heterocycles. The molecule has 0 bridgehead atoms. The Hall–Kier alpha value is -2.00. The van der Waals surface area contributed by atoms with Crippen molar-refractivity contribution in [3.63, 3.8) is 0 Å². The number of hydrogen-bond acceptors (Lipinski definition) is 2. The highest BCUT2D eigenvalue weighted by Gasteiger charge is 2.11. The van der Waals surface area contributed by atoms with E-state index < -0.39 is 0 Å². The third kappa shape index (κ3) is 7.05. The van der Waals surface area contributed by atoms with Gasteiger partial charge in [0.2, 0.25) is 0 Å². The van der Waals surface area contributed by atoms with E-state index in [0.717, 1.165) is 28.7 Å². The molecule has 3 aromatic rings. The maximum atomic E-state index is 5.97. The van der Waals surface area contributed by atoms with Crippen LogP contribution in [-0.2, 0) is 13.2 Å². The number of rotatable bonds is 14. The number of nitrogens with zero attached hydrogens (tertiary/aromatic N) is 2. The van der Waals surface area contributed by atoms with E-state index in [4.69, 9.17) is 21.3 Å². The van der Waals surface area contributed by atoms with Gasteiger partial charge < -0.3 is 9.30 Å². The molecule has 0 saturated carbocycles. The van der Waals surface area contributed by atoms with E-state index in [0.29, 0.717) is 6.61 Å². The molecule has 1 heterocycles. The van der Waals surface area contributed by atoms with Crippen molar-refractivity contribution in [2.24, 2.45) is 0 Å². The van der Waals surface area contributed by atoms with Gasteiger partial charge in [0.25, 0.3) is 0 Å². The molecule has 0 spiro atoms. The average molecular weight is 427 g/mol. The van der Waals surface area contributed by atoms with E-state index >= 15 is 0 Å². The van der Waals surface area contributed by atoms with Crippen molar-refractivity contribution in [3.05, 3.63) is 59.4 Å². The normalized spacial score (nSPS) is 11.3. The maximum Gasteiger partial charge on any atom is 0.147 e. The number of para-hydroxylation sites is 2. The van der Waals surface area contributed by atoms with Crippen LogP contribution >= 0.6 is 11.6 Å². The molecule has 162 valence electrons. The first kappa shape index (κ1) is 22.7. The molecular formula is C26H35ClN2O. The maximum absolute atomic E-state index is 5.97. The highest BCUT2D eigenvalue weighted by molar-refractivity contribution is 6.30. The summed E-state index contributed by atoms with van der Waals surface area (Å²) < 4.78 is 8.30. The monoisotopic (exact) mass is 426 g/mol. The number of imidazole rings is 1. The van der Waals surface area contributed by atoms with Crippen LogP contribution in [0, 0.1) is 0 Å². The standard InChI is InChI=1S/C26H35ClN2O/c1-2-3-4-5-6-7-8-9-10-13-20-29-25-15-12-11-14-24(25)28-26(29)21-30-23-18-16-22(27)17-19-23/h11-12,14-19H,2-10,13,20-21H2,1H3. The van der Waals surface area contributed by atoms with Crippen LogP contribution in [0.25, 0.3) is 11.0 Å². The van der Waals surface area contributed by atoms with Crippen LogP contribution < -0.4 is 4.74 Å².